The third-order valence-corrected chi connectivity index (χ3v) is 5.28. The number of benzene rings is 2. The van der Waals surface area contributed by atoms with Crippen LogP contribution in [0.15, 0.2) is 46.9 Å². The molecule has 2 aromatic heterocycles. The summed E-state index contributed by atoms with van der Waals surface area (Å²) in [5.41, 5.74) is 8.14. The molecule has 2 aromatic carbocycles. The zero-order valence-electron chi connectivity index (χ0n) is 15.6. The number of furan rings is 1. The Bertz CT molecular complexity index is 1120. The molecule has 0 fully saturated rings. The Labute approximate surface area is 173 Å². The molecule has 0 aliphatic carbocycles. The Balaban J connectivity index is 2.00. The van der Waals surface area contributed by atoms with Gasteiger partial charge >= 0.3 is 0 Å². The van der Waals surface area contributed by atoms with E-state index in [2.05, 4.69) is 4.90 Å². The molecule has 2 heterocycles. The van der Waals surface area contributed by atoms with E-state index in [0.29, 0.717) is 33.7 Å². The van der Waals surface area contributed by atoms with Crippen molar-refractivity contribution in [3.8, 4) is 11.6 Å². The molecule has 0 saturated carbocycles. The van der Waals surface area contributed by atoms with Gasteiger partial charge in [0.15, 0.2) is 11.6 Å². The van der Waals surface area contributed by atoms with Crippen LogP contribution in [0.2, 0.25) is 10.0 Å². The van der Waals surface area contributed by atoms with Gasteiger partial charge in [0.2, 0.25) is 0 Å². The van der Waals surface area contributed by atoms with Crippen molar-refractivity contribution >= 4 is 45.1 Å². The predicted octanol–water partition coefficient (Wildman–Crippen LogP) is 5.30. The molecule has 1 atom stereocenters. The number of fused-ring (bicyclic) bond motifs is 2. The molecule has 7 heteroatoms. The maximum absolute atomic E-state index is 6.49. The summed E-state index contributed by atoms with van der Waals surface area (Å²) in [6.45, 7) is 0.530. The van der Waals surface area contributed by atoms with Crippen LogP contribution < -0.4 is 5.73 Å². The highest BCUT2D eigenvalue weighted by Gasteiger charge is 2.22. The molecule has 0 bridgehead atoms. The second kappa shape index (κ2) is 7.68. The minimum atomic E-state index is -0.00633. The van der Waals surface area contributed by atoms with E-state index in [0.717, 1.165) is 28.5 Å². The van der Waals surface area contributed by atoms with Crippen molar-refractivity contribution in [1.82, 2.24) is 14.9 Å². The first-order chi connectivity index (χ1) is 13.5. The van der Waals surface area contributed by atoms with Crippen molar-refractivity contribution in [2.75, 3.05) is 20.6 Å². The van der Waals surface area contributed by atoms with Gasteiger partial charge in [-0.15, -0.1) is 0 Å². The zero-order valence-corrected chi connectivity index (χ0v) is 17.1. The molecular formula is C21H20Cl2N4O. The molecule has 2 N–H and O–H groups in total. The summed E-state index contributed by atoms with van der Waals surface area (Å²) in [5.74, 6) is 1.09. The van der Waals surface area contributed by atoms with Gasteiger partial charge < -0.3 is 15.1 Å². The van der Waals surface area contributed by atoms with Crippen LogP contribution in [0.5, 0.6) is 0 Å². The Hall–Kier alpha value is -2.18. The lowest BCUT2D eigenvalue weighted by Gasteiger charge is -2.25. The topological polar surface area (TPSA) is 68.2 Å². The van der Waals surface area contributed by atoms with E-state index in [9.17, 15) is 0 Å². The standard InChI is InChI=1S/C21H20Cl2N4O/c1-27(2)16(7-8-24)20-14-10-13(22)11-15(23)19(14)25-21(26-20)18-9-12-5-3-4-6-17(12)28-18/h3-6,9-11,16H,7-8,24H2,1-2H3. The molecule has 1 unspecified atom stereocenters. The average molecular weight is 415 g/mol. The first kappa shape index (κ1) is 19.2. The van der Waals surface area contributed by atoms with Crippen molar-refractivity contribution < 1.29 is 4.42 Å². The van der Waals surface area contributed by atoms with Gasteiger partial charge in [-0.05, 0) is 51.3 Å². The molecule has 0 radical (unpaired) electrons. The second-order valence-electron chi connectivity index (χ2n) is 6.92. The maximum Gasteiger partial charge on any atom is 0.196 e. The Morgan fingerprint density at radius 1 is 1.11 bits per heavy atom. The van der Waals surface area contributed by atoms with Gasteiger partial charge in [0.05, 0.1) is 22.3 Å². The van der Waals surface area contributed by atoms with E-state index in [1.165, 1.54) is 0 Å². The van der Waals surface area contributed by atoms with Crippen molar-refractivity contribution in [3.05, 3.63) is 58.2 Å². The molecule has 5 nitrogen and oxygen atoms in total. The molecule has 4 aromatic rings. The fraction of sp³-hybridized carbons (Fsp3) is 0.238. The summed E-state index contributed by atoms with van der Waals surface area (Å²) >= 11 is 12.8. The number of nitrogens with two attached hydrogens (primary N) is 1. The summed E-state index contributed by atoms with van der Waals surface area (Å²) in [7, 11) is 4.00. The predicted molar refractivity (Wildman–Crippen MR) is 115 cm³/mol. The van der Waals surface area contributed by atoms with Crippen LogP contribution in [0.25, 0.3) is 33.5 Å². The molecule has 0 aliphatic rings. The Morgan fingerprint density at radius 2 is 1.89 bits per heavy atom. The summed E-state index contributed by atoms with van der Waals surface area (Å²) < 4.78 is 5.99. The molecule has 0 spiro atoms. The molecule has 144 valence electrons. The van der Waals surface area contributed by atoms with Crippen LogP contribution >= 0.6 is 23.2 Å². The van der Waals surface area contributed by atoms with E-state index in [4.69, 9.17) is 43.3 Å². The van der Waals surface area contributed by atoms with E-state index in [1.807, 2.05) is 50.5 Å². The minimum Gasteiger partial charge on any atom is -0.453 e. The van der Waals surface area contributed by atoms with Gasteiger partial charge in [-0.2, -0.15) is 0 Å². The van der Waals surface area contributed by atoms with Crippen molar-refractivity contribution in [2.24, 2.45) is 5.73 Å². The summed E-state index contributed by atoms with van der Waals surface area (Å²) in [5, 5.41) is 2.85. The van der Waals surface area contributed by atoms with Crippen LogP contribution in [-0.4, -0.2) is 35.5 Å². The van der Waals surface area contributed by atoms with E-state index in [-0.39, 0.29) is 6.04 Å². The number of aromatic nitrogens is 2. The monoisotopic (exact) mass is 414 g/mol. The molecule has 28 heavy (non-hydrogen) atoms. The van der Waals surface area contributed by atoms with Crippen molar-refractivity contribution in [3.63, 3.8) is 0 Å². The zero-order chi connectivity index (χ0) is 19.8. The smallest absolute Gasteiger partial charge is 0.196 e. The van der Waals surface area contributed by atoms with Gasteiger partial charge in [-0.1, -0.05) is 41.4 Å². The van der Waals surface area contributed by atoms with Gasteiger partial charge in [-0.3, -0.25) is 0 Å². The number of nitrogens with zero attached hydrogens (tertiary/aromatic N) is 3. The molecule has 0 amide bonds. The number of halogens is 2. The summed E-state index contributed by atoms with van der Waals surface area (Å²) in [6.07, 6.45) is 0.739. The third kappa shape index (κ3) is 3.47. The van der Waals surface area contributed by atoms with Gasteiger partial charge in [0.1, 0.15) is 5.58 Å². The Morgan fingerprint density at radius 3 is 2.61 bits per heavy atom. The van der Waals surface area contributed by atoms with Crippen LogP contribution in [0.3, 0.4) is 0 Å². The molecule has 0 aliphatic heterocycles. The van der Waals surface area contributed by atoms with E-state index in [1.54, 1.807) is 6.07 Å². The van der Waals surface area contributed by atoms with Gasteiger partial charge in [0.25, 0.3) is 0 Å². The van der Waals surface area contributed by atoms with Crippen LogP contribution in [0, 0.1) is 0 Å². The third-order valence-electron chi connectivity index (χ3n) is 4.77. The molecular weight excluding hydrogens is 395 g/mol. The fourth-order valence-corrected chi connectivity index (χ4v) is 3.97. The number of hydrogen-bond acceptors (Lipinski definition) is 5. The number of rotatable bonds is 5. The van der Waals surface area contributed by atoms with Gasteiger partial charge in [-0.25, -0.2) is 9.97 Å². The molecule has 0 saturated heterocycles. The first-order valence-corrected chi connectivity index (χ1v) is 9.75. The van der Waals surface area contributed by atoms with E-state index >= 15 is 0 Å². The van der Waals surface area contributed by atoms with E-state index < -0.39 is 0 Å². The number of para-hydroxylation sites is 1. The van der Waals surface area contributed by atoms with Crippen LogP contribution in [0.4, 0.5) is 0 Å². The van der Waals surface area contributed by atoms with Crippen LogP contribution in [0.1, 0.15) is 18.2 Å². The fourth-order valence-electron chi connectivity index (χ4n) is 3.43. The average Bonchev–Trinajstić information content (AvgIpc) is 3.09. The lowest BCUT2D eigenvalue weighted by molar-refractivity contribution is 0.283. The van der Waals surface area contributed by atoms with Crippen molar-refractivity contribution in [2.45, 2.75) is 12.5 Å². The lowest BCUT2D eigenvalue weighted by atomic mass is 10.0. The second-order valence-corrected chi connectivity index (χ2v) is 7.77. The number of hydrogen-bond donors (Lipinski definition) is 1. The normalized spacial score (nSPS) is 12.9. The highest BCUT2D eigenvalue weighted by atomic mass is 35.5. The highest BCUT2D eigenvalue weighted by molar-refractivity contribution is 6.38. The molecule has 4 rings (SSSR count). The largest absolute Gasteiger partial charge is 0.453 e. The maximum atomic E-state index is 6.49. The summed E-state index contributed by atoms with van der Waals surface area (Å²) in [6, 6.07) is 13.3. The summed E-state index contributed by atoms with van der Waals surface area (Å²) in [4.78, 5) is 11.7. The van der Waals surface area contributed by atoms with Crippen molar-refractivity contribution in [1.29, 1.82) is 0 Å². The first-order valence-electron chi connectivity index (χ1n) is 9.00. The Kier molecular flexibility index (Phi) is 5.25. The highest BCUT2D eigenvalue weighted by Crippen LogP contribution is 2.35. The SMILES string of the molecule is CN(C)C(CCN)c1nc(-c2cc3ccccc3o2)nc2c(Cl)cc(Cl)cc12. The van der Waals surface area contributed by atoms with Gasteiger partial charge in [0, 0.05) is 15.8 Å². The minimum absolute atomic E-state index is 0.00633. The van der Waals surface area contributed by atoms with Crippen LogP contribution in [-0.2, 0) is 0 Å². The lowest BCUT2D eigenvalue weighted by Crippen LogP contribution is -2.24. The quantitative estimate of drug-likeness (QED) is 0.479.